The summed E-state index contributed by atoms with van der Waals surface area (Å²) in [5, 5.41) is 2.14. The van der Waals surface area contributed by atoms with Gasteiger partial charge in [-0.25, -0.2) is 9.13 Å². The number of halogens is 4. The average molecular weight is 487 g/mol. The van der Waals surface area contributed by atoms with Crippen molar-refractivity contribution in [3.05, 3.63) is 75.1 Å². The second-order valence-electron chi connectivity index (χ2n) is 6.76. The molecule has 0 saturated carbocycles. The third-order valence-electron chi connectivity index (χ3n) is 4.99. The van der Waals surface area contributed by atoms with E-state index in [9.17, 15) is 0 Å². The van der Waals surface area contributed by atoms with Crippen molar-refractivity contribution in [2.45, 2.75) is 38.8 Å². The Labute approximate surface area is 185 Å². The Bertz CT molecular complexity index is 935. The molecule has 0 N–H and O–H groups in total. The van der Waals surface area contributed by atoms with Gasteiger partial charge < -0.3 is 17.0 Å². The van der Waals surface area contributed by atoms with E-state index in [2.05, 4.69) is 27.5 Å². The van der Waals surface area contributed by atoms with Crippen LogP contribution in [-0.2, 0) is 19.5 Å². The summed E-state index contributed by atoms with van der Waals surface area (Å²) in [5.74, 6) is 1.36. The summed E-state index contributed by atoms with van der Waals surface area (Å²) < 4.78 is 4.80. The van der Waals surface area contributed by atoms with Gasteiger partial charge in [-0.15, -0.1) is 0 Å². The van der Waals surface area contributed by atoms with E-state index in [1.165, 1.54) is 36.3 Å². The molecule has 4 rings (SSSR count). The van der Waals surface area contributed by atoms with Crippen LogP contribution in [-0.4, -0.2) is 4.57 Å². The predicted octanol–water partition coefficient (Wildman–Crippen LogP) is 3.18. The van der Waals surface area contributed by atoms with Crippen LogP contribution in [0, 0.1) is 0 Å². The normalized spacial score (nSPS) is 13.6. The maximum atomic E-state index is 6.42. The fourth-order valence-electron chi connectivity index (χ4n) is 3.67. The van der Waals surface area contributed by atoms with Crippen LogP contribution in [0.15, 0.2) is 48.7 Å². The van der Waals surface area contributed by atoms with Crippen molar-refractivity contribution in [3.63, 3.8) is 0 Å². The van der Waals surface area contributed by atoms with Crippen LogP contribution in [0.2, 0.25) is 15.1 Å². The quantitative estimate of drug-likeness (QED) is 0.503. The third-order valence-corrected chi connectivity index (χ3v) is 5.83. The van der Waals surface area contributed by atoms with Gasteiger partial charge in [-0.3, -0.25) is 0 Å². The molecule has 3 aromatic rings. The highest BCUT2D eigenvalue weighted by Crippen LogP contribution is 2.26. The van der Waals surface area contributed by atoms with E-state index in [1.54, 1.807) is 0 Å². The maximum Gasteiger partial charge on any atom is 0.257 e. The molecule has 2 nitrogen and oxygen atoms in total. The van der Waals surface area contributed by atoms with E-state index in [0.717, 1.165) is 30.1 Å². The van der Waals surface area contributed by atoms with Gasteiger partial charge in [0.05, 0.1) is 6.54 Å². The molecule has 0 unspecified atom stereocenters. The van der Waals surface area contributed by atoms with E-state index in [1.807, 2.05) is 30.3 Å². The fourth-order valence-corrected chi connectivity index (χ4v) is 4.26. The number of benzene rings is 2. The fraction of sp³-hybridized carbons (Fsp3) is 0.286. The van der Waals surface area contributed by atoms with Crippen LogP contribution in [0.1, 0.15) is 30.7 Å². The lowest BCUT2D eigenvalue weighted by Crippen LogP contribution is -3.00. The molecule has 0 spiro atoms. The standard InChI is InChI=1S/C21H20Cl3N2.BrH/c22-17-8-5-15(6-9-17)20-14-25(21-4-2-1-3-11-26(20)21)13-16-7-10-18(23)12-19(16)24;/h5-10,12,14H,1-4,11,13H2;1H/q+1;/p-1. The monoisotopic (exact) mass is 484 g/mol. The van der Waals surface area contributed by atoms with E-state index < -0.39 is 0 Å². The molecule has 2 heterocycles. The summed E-state index contributed by atoms with van der Waals surface area (Å²) in [6, 6.07) is 13.8. The summed E-state index contributed by atoms with van der Waals surface area (Å²) in [7, 11) is 0. The molecule has 0 saturated heterocycles. The molecule has 0 bridgehead atoms. The van der Waals surface area contributed by atoms with Crippen molar-refractivity contribution in [2.24, 2.45) is 0 Å². The van der Waals surface area contributed by atoms with Crippen LogP contribution in [0.4, 0.5) is 0 Å². The van der Waals surface area contributed by atoms with Crippen molar-refractivity contribution < 1.29 is 21.5 Å². The molecule has 0 atom stereocenters. The van der Waals surface area contributed by atoms with E-state index in [4.69, 9.17) is 34.8 Å². The predicted molar refractivity (Wildman–Crippen MR) is 108 cm³/mol. The molecular weight excluding hydrogens is 467 g/mol. The van der Waals surface area contributed by atoms with Gasteiger partial charge in [0.15, 0.2) is 5.69 Å². The first kappa shape index (κ1) is 20.7. The van der Waals surface area contributed by atoms with Crippen LogP contribution in [0.3, 0.4) is 0 Å². The molecule has 142 valence electrons. The summed E-state index contributed by atoms with van der Waals surface area (Å²) >= 11 is 18.5. The van der Waals surface area contributed by atoms with Crippen LogP contribution < -0.4 is 21.5 Å². The van der Waals surface area contributed by atoms with Crippen molar-refractivity contribution in [3.8, 4) is 11.3 Å². The van der Waals surface area contributed by atoms with Crippen LogP contribution in [0.25, 0.3) is 11.3 Å². The Kier molecular flexibility index (Phi) is 6.91. The number of nitrogens with zero attached hydrogens (tertiary/aromatic N) is 2. The van der Waals surface area contributed by atoms with Gasteiger partial charge in [-0.2, -0.15) is 0 Å². The molecule has 0 radical (unpaired) electrons. The minimum atomic E-state index is 0. The lowest BCUT2D eigenvalue weighted by molar-refractivity contribution is -0.695. The first-order valence-electron chi connectivity index (χ1n) is 8.93. The van der Waals surface area contributed by atoms with Gasteiger partial charge >= 0.3 is 0 Å². The summed E-state index contributed by atoms with van der Waals surface area (Å²) in [4.78, 5) is 0. The first-order chi connectivity index (χ1) is 12.6. The molecule has 1 aliphatic rings. The minimum absolute atomic E-state index is 0. The Morgan fingerprint density at radius 2 is 1.63 bits per heavy atom. The van der Waals surface area contributed by atoms with Crippen molar-refractivity contribution >= 4 is 34.8 Å². The second kappa shape index (κ2) is 9.00. The largest absolute Gasteiger partial charge is 1.00 e. The van der Waals surface area contributed by atoms with E-state index >= 15 is 0 Å². The molecule has 1 aliphatic heterocycles. The number of imidazole rings is 1. The zero-order valence-corrected chi connectivity index (χ0v) is 18.6. The number of aromatic nitrogens is 2. The maximum absolute atomic E-state index is 6.42. The van der Waals surface area contributed by atoms with Crippen LogP contribution in [0.5, 0.6) is 0 Å². The Morgan fingerprint density at radius 1 is 0.889 bits per heavy atom. The topological polar surface area (TPSA) is 8.81 Å². The summed E-state index contributed by atoms with van der Waals surface area (Å²) in [6.07, 6.45) is 7.03. The number of hydrogen-bond acceptors (Lipinski definition) is 0. The van der Waals surface area contributed by atoms with Crippen molar-refractivity contribution in [2.75, 3.05) is 0 Å². The molecule has 0 amide bonds. The van der Waals surface area contributed by atoms with Crippen LogP contribution >= 0.6 is 34.8 Å². The molecule has 27 heavy (non-hydrogen) atoms. The summed E-state index contributed by atoms with van der Waals surface area (Å²) in [5.41, 5.74) is 3.52. The Hall–Kier alpha value is -1.000. The minimum Gasteiger partial charge on any atom is -1.00 e. The number of rotatable bonds is 3. The van der Waals surface area contributed by atoms with Crippen molar-refractivity contribution in [1.82, 2.24) is 4.57 Å². The van der Waals surface area contributed by atoms with Crippen molar-refractivity contribution in [1.29, 1.82) is 0 Å². The zero-order chi connectivity index (χ0) is 18.1. The Balaban J connectivity index is 0.00000210. The highest BCUT2D eigenvalue weighted by atomic mass is 79.9. The van der Waals surface area contributed by atoms with Gasteiger partial charge in [-0.05, 0) is 55.7 Å². The van der Waals surface area contributed by atoms with Gasteiger partial charge in [0, 0.05) is 32.6 Å². The zero-order valence-electron chi connectivity index (χ0n) is 14.8. The lowest BCUT2D eigenvalue weighted by Gasteiger charge is -2.05. The highest BCUT2D eigenvalue weighted by Gasteiger charge is 2.26. The summed E-state index contributed by atoms with van der Waals surface area (Å²) in [6.45, 7) is 1.80. The smallest absolute Gasteiger partial charge is 0.257 e. The molecule has 0 aliphatic carbocycles. The van der Waals surface area contributed by atoms with Gasteiger partial charge in [-0.1, -0.05) is 40.9 Å². The molecule has 2 aromatic carbocycles. The van der Waals surface area contributed by atoms with Gasteiger partial charge in [0.1, 0.15) is 12.7 Å². The molecule has 0 fully saturated rings. The number of hydrogen-bond donors (Lipinski definition) is 0. The number of fused-ring (bicyclic) bond motifs is 1. The lowest BCUT2D eigenvalue weighted by atomic mass is 10.1. The molecule has 1 aromatic heterocycles. The first-order valence-corrected chi connectivity index (χ1v) is 10.1. The molecular formula is C21H20BrCl3N2. The second-order valence-corrected chi connectivity index (χ2v) is 8.04. The highest BCUT2D eigenvalue weighted by molar-refractivity contribution is 6.35. The van der Waals surface area contributed by atoms with Gasteiger partial charge in [0.2, 0.25) is 0 Å². The average Bonchev–Trinajstić information content (AvgIpc) is 2.80. The van der Waals surface area contributed by atoms with E-state index in [0.29, 0.717) is 10.0 Å². The molecule has 6 heteroatoms. The Morgan fingerprint density at radius 3 is 2.37 bits per heavy atom. The van der Waals surface area contributed by atoms with Gasteiger partial charge in [0.25, 0.3) is 5.82 Å². The van der Waals surface area contributed by atoms with E-state index in [-0.39, 0.29) is 17.0 Å². The SMILES string of the molecule is Clc1ccc(-c2c[n+](Cc3ccc(Cl)cc3Cl)c3n2CCCCC3)cc1.[Br-]. The third kappa shape index (κ3) is 4.54.